The molecule has 0 radical (unpaired) electrons. The fraction of sp³-hybridized carbons (Fsp3) is 0.429. The average Bonchev–Trinajstić information content (AvgIpc) is 2.21. The Morgan fingerprint density at radius 1 is 1.41 bits per heavy atom. The van der Waals surface area contributed by atoms with Gasteiger partial charge in [0.1, 0.15) is 0 Å². The van der Waals surface area contributed by atoms with Crippen molar-refractivity contribution in [3.8, 4) is 0 Å². The molecule has 0 aliphatic heterocycles. The maximum Gasteiger partial charge on any atom is 0.0318 e. The van der Waals surface area contributed by atoms with Gasteiger partial charge in [-0.3, -0.25) is 4.90 Å². The SMILES string of the molecule is C=CCN(Cc1cc(N)ccc1Br)C(C)(C)C. The van der Waals surface area contributed by atoms with E-state index in [9.17, 15) is 0 Å². The van der Waals surface area contributed by atoms with Crippen LogP contribution in [0.25, 0.3) is 0 Å². The summed E-state index contributed by atoms with van der Waals surface area (Å²) >= 11 is 3.57. The molecule has 94 valence electrons. The molecule has 17 heavy (non-hydrogen) atoms. The lowest BCUT2D eigenvalue weighted by Crippen LogP contribution is -2.40. The Labute approximate surface area is 113 Å². The number of benzene rings is 1. The zero-order chi connectivity index (χ0) is 13.1. The number of hydrogen-bond donors (Lipinski definition) is 1. The first-order valence-electron chi connectivity index (χ1n) is 5.74. The Balaban J connectivity index is 2.93. The second-order valence-electron chi connectivity index (χ2n) is 5.19. The second-order valence-corrected chi connectivity index (χ2v) is 6.05. The Kier molecular flexibility index (Phi) is 4.78. The molecule has 0 bridgehead atoms. The minimum atomic E-state index is 0.109. The maximum absolute atomic E-state index is 5.83. The molecule has 0 unspecified atom stereocenters. The van der Waals surface area contributed by atoms with E-state index in [0.717, 1.165) is 23.2 Å². The summed E-state index contributed by atoms with van der Waals surface area (Å²) in [6.45, 7) is 12.2. The van der Waals surface area contributed by atoms with E-state index >= 15 is 0 Å². The largest absolute Gasteiger partial charge is 0.399 e. The summed E-state index contributed by atoms with van der Waals surface area (Å²) in [4.78, 5) is 2.36. The third-order valence-corrected chi connectivity index (χ3v) is 3.50. The Morgan fingerprint density at radius 3 is 2.59 bits per heavy atom. The van der Waals surface area contributed by atoms with Gasteiger partial charge in [0.2, 0.25) is 0 Å². The molecule has 0 saturated heterocycles. The third kappa shape index (κ3) is 4.17. The lowest BCUT2D eigenvalue weighted by molar-refractivity contribution is 0.145. The van der Waals surface area contributed by atoms with Gasteiger partial charge in [-0.25, -0.2) is 0 Å². The average molecular weight is 297 g/mol. The van der Waals surface area contributed by atoms with Crippen LogP contribution in [0.5, 0.6) is 0 Å². The highest BCUT2D eigenvalue weighted by Crippen LogP contribution is 2.24. The fourth-order valence-electron chi connectivity index (χ4n) is 1.65. The van der Waals surface area contributed by atoms with Gasteiger partial charge in [-0.1, -0.05) is 22.0 Å². The van der Waals surface area contributed by atoms with Crippen molar-refractivity contribution in [1.29, 1.82) is 0 Å². The zero-order valence-electron chi connectivity index (χ0n) is 10.8. The Hall–Kier alpha value is -0.800. The predicted molar refractivity (Wildman–Crippen MR) is 78.9 cm³/mol. The summed E-state index contributed by atoms with van der Waals surface area (Å²) in [6, 6.07) is 5.92. The van der Waals surface area contributed by atoms with Crippen LogP contribution in [0.15, 0.2) is 35.3 Å². The van der Waals surface area contributed by atoms with Crippen LogP contribution < -0.4 is 5.73 Å². The number of anilines is 1. The minimum Gasteiger partial charge on any atom is -0.399 e. The number of nitrogens with zero attached hydrogens (tertiary/aromatic N) is 1. The van der Waals surface area contributed by atoms with E-state index in [-0.39, 0.29) is 5.54 Å². The molecule has 2 nitrogen and oxygen atoms in total. The fourth-order valence-corrected chi connectivity index (χ4v) is 2.02. The quantitative estimate of drug-likeness (QED) is 0.676. The van der Waals surface area contributed by atoms with Crippen molar-refractivity contribution in [3.63, 3.8) is 0 Å². The molecule has 0 fully saturated rings. The molecule has 0 aliphatic rings. The topological polar surface area (TPSA) is 29.3 Å². The molecule has 0 saturated carbocycles. The minimum absolute atomic E-state index is 0.109. The second kappa shape index (κ2) is 5.69. The number of nitrogen functional groups attached to an aromatic ring is 1. The number of nitrogens with two attached hydrogens (primary N) is 1. The van der Waals surface area contributed by atoms with Crippen molar-refractivity contribution in [2.24, 2.45) is 0 Å². The van der Waals surface area contributed by atoms with E-state index in [4.69, 9.17) is 5.73 Å². The summed E-state index contributed by atoms with van der Waals surface area (Å²) in [5.74, 6) is 0. The number of rotatable bonds is 4. The van der Waals surface area contributed by atoms with Gasteiger partial charge in [0.05, 0.1) is 0 Å². The van der Waals surface area contributed by atoms with Gasteiger partial charge in [-0.05, 0) is 44.5 Å². The van der Waals surface area contributed by atoms with E-state index in [1.807, 2.05) is 24.3 Å². The highest BCUT2D eigenvalue weighted by atomic mass is 79.9. The monoisotopic (exact) mass is 296 g/mol. The van der Waals surface area contributed by atoms with Gasteiger partial charge >= 0.3 is 0 Å². The van der Waals surface area contributed by atoms with Crippen molar-refractivity contribution in [2.75, 3.05) is 12.3 Å². The summed E-state index contributed by atoms with van der Waals surface area (Å²) < 4.78 is 1.10. The van der Waals surface area contributed by atoms with Gasteiger partial charge in [0.25, 0.3) is 0 Å². The Bertz CT molecular complexity index is 394. The first-order valence-corrected chi connectivity index (χ1v) is 6.53. The van der Waals surface area contributed by atoms with Gasteiger partial charge in [-0.15, -0.1) is 6.58 Å². The molecule has 1 aromatic rings. The van der Waals surface area contributed by atoms with Crippen molar-refractivity contribution in [1.82, 2.24) is 4.90 Å². The summed E-state index contributed by atoms with van der Waals surface area (Å²) in [6.07, 6.45) is 1.94. The number of hydrogen-bond acceptors (Lipinski definition) is 2. The highest BCUT2D eigenvalue weighted by Gasteiger charge is 2.20. The van der Waals surface area contributed by atoms with Crippen molar-refractivity contribution >= 4 is 21.6 Å². The van der Waals surface area contributed by atoms with E-state index < -0.39 is 0 Å². The molecule has 0 aliphatic carbocycles. The molecule has 0 amide bonds. The summed E-state index contributed by atoms with van der Waals surface area (Å²) in [5.41, 5.74) is 7.95. The van der Waals surface area contributed by atoms with Gasteiger partial charge < -0.3 is 5.73 Å². The lowest BCUT2D eigenvalue weighted by Gasteiger charge is -2.35. The van der Waals surface area contributed by atoms with Crippen molar-refractivity contribution < 1.29 is 0 Å². The van der Waals surface area contributed by atoms with Crippen LogP contribution in [-0.2, 0) is 6.54 Å². The first-order chi connectivity index (χ1) is 7.84. The van der Waals surface area contributed by atoms with E-state index in [0.29, 0.717) is 0 Å². The molecule has 3 heteroatoms. The smallest absolute Gasteiger partial charge is 0.0318 e. The van der Waals surface area contributed by atoms with Crippen LogP contribution >= 0.6 is 15.9 Å². The highest BCUT2D eigenvalue weighted by molar-refractivity contribution is 9.10. The normalized spacial score (nSPS) is 11.8. The molecule has 1 aromatic carbocycles. The van der Waals surface area contributed by atoms with Crippen LogP contribution in [-0.4, -0.2) is 17.0 Å². The molecule has 1 rings (SSSR count). The van der Waals surface area contributed by atoms with E-state index in [1.165, 1.54) is 5.56 Å². The predicted octanol–water partition coefficient (Wildman–Crippen LogP) is 3.82. The molecule has 0 spiro atoms. The van der Waals surface area contributed by atoms with Gasteiger partial charge in [0.15, 0.2) is 0 Å². The molecule has 2 N–H and O–H groups in total. The molecule has 0 heterocycles. The third-order valence-electron chi connectivity index (χ3n) is 2.73. The van der Waals surface area contributed by atoms with Crippen LogP contribution in [0.4, 0.5) is 5.69 Å². The molecular formula is C14H21BrN2. The van der Waals surface area contributed by atoms with Crippen molar-refractivity contribution in [2.45, 2.75) is 32.9 Å². The van der Waals surface area contributed by atoms with E-state index in [2.05, 4.69) is 48.2 Å². The van der Waals surface area contributed by atoms with Crippen LogP contribution in [0.3, 0.4) is 0 Å². The summed E-state index contributed by atoms with van der Waals surface area (Å²) in [7, 11) is 0. The number of halogens is 1. The zero-order valence-corrected chi connectivity index (χ0v) is 12.4. The molecular weight excluding hydrogens is 276 g/mol. The van der Waals surface area contributed by atoms with Crippen LogP contribution in [0.2, 0.25) is 0 Å². The van der Waals surface area contributed by atoms with Gasteiger partial charge in [0, 0.05) is 28.8 Å². The maximum atomic E-state index is 5.83. The van der Waals surface area contributed by atoms with Crippen LogP contribution in [0.1, 0.15) is 26.3 Å². The first kappa shape index (κ1) is 14.3. The van der Waals surface area contributed by atoms with Gasteiger partial charge in [-0.2, -0.15) is 0 Å². The standard InChI is InChI=1S/C14H21BrN2/c1-5-8-17(14(2,3)4)10-11-9-12(16)6-7-13(11)15/h5-7,9H,1,8,10,16H2,2-4H3. The Morgan fingerprint density at radius 2 is 2.06 bits per heavy atom. The van der Waals surface area contributed by atoms with E-state index in [1.54, 1.807) is 0 Å². The molecule has 0 aromatic heterocycles. The summed E-state index contributed by atoms with van der Waals surface area (Å²) in [5, 5.41) is 0. The molecule has 0 atom stereocenters. The lowest BCUT2D eigenvalue weighted by atomic mass is 10.0. The van der Waals surface area contributed by atoms with Crippen LogP contribution in [0, 0.1) is 0 Å². The van der Waals surface area contributed by atoms with Crippen molar-refractivity contribution in [3.05, 3.63) is 40.9 Å².